The van der Waals surface area contributed by atoms with Crippen molar-refractivity contribution in [1.29, 1.82) is 0 Å². The summed E-state index contributed by atoms with van der Waals surface area (Å²) in [5.74, 6) is 0.696. The molecule has 21 heavy (non-hydrogen) atoms. The summed E-state index contributed by atoms with van der Waals surface area (Å²) in [6, 6.07) is -0.577. The number of likely N-dealkylation sites (N-methyl/N-ethyl adjacent to an activating group) is 1. The van der Waals surface area contributed by atoms with Crippen LogP contribution >= 0.6 is 0 Å². The zero-order valence-electron chi connectivity index (χ0n) is 13.7. The highest BCUT2D eigenvalue weighted by atomic mass is 16.5. The van der Waals surface area contributed by atoms with Crippen molar-refractivity contribution >= 4 is 5.91 Å². The van der Waals surface area contributed by atoms with Crippen molar-refractivity contribution in [2.75, 3.05) is 13.7 Å². The first kappa shape index (κ1) is 17.6. The first-order valence-corrected chi connectivity index (χ1v) is 7.11. The molecule has 0 saturated carbocycles. The third-order valence-corrected chi connectivity index (χ3v) is 3.21. The minimum absolute atomic E-state index is 0.153. The van der Waals surface area contributed by atoms with Gasteiger partial charge in [0.2, 0.25) is 11.8 Å². The van der Waals surface area contributed by atoms with Gasteiger partial charge in [-0.25, -0.2) is 0 Å². The summed E-state index contributed by atoms with van der Waals surface area (Å²) in [7, 11) is 1.67. The largest absolute Gasteiger partial charge is 0.371 e. The molecule has 2 N–H and O–H groups in total. The normalized spacial score (nSPS) is 14.8. The standard InChI is InChI=1S/C14H26N4O3/c1-7-20-9(2)12-16-10(21-17-12)8-18(6)13(19)11(15)14(3,4)5/h9,11H,7-8,15H2,1-6H3/t9?,11-/m1/s1. The first-order valence-electron chi connectivity index (χ1n) is 7.11. The van der Waals surface area contributed by atoms with Crippen LogP contribution in [0.2, 0.25) is 0 Å². The molecule has 0 aliphatic carbocycles. The Labute approximate surface area is 125 Å². The molecule has 0 aliphatic heterocycles. The Morgan fingerprint density at radius 3 is 2.62 bits per heavy atom. The van der Waals surface area contributed by atoms with E-state index in [9.17, 15) is 4.79 Å². The number of rotatable bonds is 6. The summed E-state index contributed by atoms with van der Waals surface area (Å²) in [4.78, 5) is 18.0. The molecular weight excluding hydrogens is 272 g/mol. The Hall–Kier alpha value is -1.47. The van der Waals surface area contributed by atoms with E-state index in [4.69, 9.17) is 15.0 Å². The predicted octanol–water partition coefficient (Wildman–Crippen LogP) is 1.50. The summed E-state index contributed by atoms with van der Waals surface area (Å²) in [5.41, 5.74) is 5.67. The van der Waals surface area contributed by atoms with Gasteiger partial charge in [0.15, 0.2) is 5.82 Å². The second-order valence-corrected chi connectivity index (χ2v) is 6.18. The molecule has 0 radical (unpaired) electrons. The van der Waals surface area contributed by atoms with E-state index in [1.165, 1.54) is 4.90 Å². The van der Waals surface area contributed by atoms with E-state index in [1.54, 1.807) is 7.05 Å². The molecule has 1 aromatic heterocycles. The van der Waals surface area contributed by atoms with Gasteiger partial charge in [-0.15, -0.1) is 0 Å². The number of nitrogens with two attached hydrogens (primary N) is 1. The maximum Gasteiger partial charge on any atom is 0.246 e. The van der Waals surface area contributed by atoms with Crippen molar-refractivity contribution in [3.05, 3.63) is 11.7 Å². The predicted molar refractivity (Wildman–Crippen MR) is 78.2 cm³/mol. The summed E-state index contributed by atoms with van der Waals surface area (Å²) < 4.78 is 10.5. The fourth-order valence-corrected chi connectivity index (χ4v) is 1.71. The van der Waals surface area contributed by atoms with Gasteiger partial charge in [0.05, 0.1) is 12.6 Å². The van der Waals surface area contributed by atoms with Crippen LogP contribution in [0.3, 0.4) is 0 Å². The van der Waals surface area contributed by atoms with Crippen LogP contribution in [0.5, 0.6) is 0 Å². The van der Waals surface area contributed by atoms with Gasteiger partial charge in [0.1, 0.15) is 6.10 Å². The summed E-state index contributed by atoms with van der Waals surface area (Å²) in [6.45, 7) is 10.3. The number of hydrogen-bond acceptors (Lipinski definition) is 6. The molecule has 0 bridgehead atoms. The van der Waals surface area contributed by atoms with Crippen LogP contribution in [-0.4, -0.2) is 40.6 Å². The summed E-state index contributed by atoms with van der Waals surface area (Å²) >= 11 is 0. The minimum atomic E-state index is -0.577. The van der Waals surface area contributed by atoms with E-state index in [0.717, 1.165) is 0 Å². The van der Waals surface area contributed by atoms with Crippen LogP contribution in [0.15, 0.2) is 4.52 Å². The Bertz CT molecular complexity index is 467. The molecule has 1 rings (SSSR count). The lowest BCUT2D eigenvalue weighted by Gasteiger charge is -2.29. The highest BCUT2D eigenvalue weighted by Crippen LogP contribution is 2.19. The molecular formula is C14H26N4O3. The number of carbonyl (C=O) groups excluding carboxylic acids is 1. The number of aromatic nitrogens is 2. The molecule has 1 unspecified atom stereocenters. The molecule has 0 fully saturated rings. The maximum absolute atomic E-state index is 12.2. The third-order valence-electron chi connectivity index (χ3n) is 3.21. The van der Waals surface area contributed by atoms with E-state index >= 15 is 0 Å². The van der Waals surface area contributed by atoms with Crippen LogP contribution in [0.25, 0.3) is 0 Å². The maximum atomic E-state index is 12.2. The quantitative estimate of drug-likeness (QED) is 0.855. The minimum Gasteiger partial charge on any atom is -0.371 e. The average molecular weight is 298 g/mol. The van der Waals surface area contributed by atoms with Gasteiger partial charge in [-0.2, -0.15) is 4.98 Å². The van der Waals surface area contributed by atoms with Crippen molar-refractivity contribution < 1.29 is 14.1 Å². The number of hydrogen-bond donors (Lipinski definition) is 1. The van der Waals surface area contributed by atoms with Gasteiger partial charge in [0.25, 0.3) is 0 Å². The average Bonchev–Trinajstić information content (AvgIpc) is 2.84. The topological polar surface area (TPSA) is 94.5 Å². The fraction of sp³-hybridized carbons (Fsp3) is 0.786. The van der Waals surface area contributed by atoms with E-state index < -0.39 is 6.04 Å². The van der Waals surface area contributed by atoms with Crippen LogP contribution in [0.4, 0.5) is 0 Å². The second kappa shape index (κ2) is 7.00. The van der Waals surface area contributed by atoms with Gasteiger partial charge >= 0.3 is 0 Å². The van der Waals surface area contributed by atoms with Gasteiger partial charge in [-0.3, -0.25) is 4.79 Å². The monoisotopic (exact) mass is 298 g/mol. The fourth-order valence-electron chi connectivity index (χ4n) is 1.71. The van der Waals surface area contributed by atoms with Crippen LogP contribution in [-0.2, 0) is 16.1 Å². The van der Waals surface area contributed by atoms with Crippen LogP contribution < -0.4 is 5.73 Å². The third kappa shape index (κ3) is 4.78. The Morgan fingerprint density at radius 1 is 1.48 bits per heavy atom. The van der Waals surface area contributed by atoms with Gasteiger partial charge in [-0.05, 0) is 19.3 Å². The van der Waals surface area contributed by atoms with Crippen LogP contribution in [0, 0.1) is 5.41 Å². The molecule has 0 aliphatic rings. The zero-order chi connectivity index (χ0) is 16.2. The molecule has 1 aromatic rings. The number of ether oxygens (including phenoxy) is 1. The Balaban J connectivity index is 2.67. The van der Waals surface area contributed by atoms with Gasteiger partial charge in [0, 0.05) is 13.7 Å². The molecule has 1 heterocycles. The molecule has 120 valence electrons. The van der Waals surface area contributed by atoms with Crippen molar-refractivity contribution in [3.63, 3.8) is 0 Å². The molecule has 1 amide bonds. The molecule has 0 aromatic carbocycles. The van der Waals surface area contributed by atoms with Crippen molar-refractivity contribution in [2.24, 2.45) is 11.1 Å². The lowest BCUT2D eigenvalue weighted by molar-refractivity contribution is -0.134. The smallest absolute Gasteiger partial charge is 0.246 e. The highest BCUT2D eigenvalue weighted by molar-refractivity contribution is 5.82. The lowest BCUT2D eigenvalue weighted by atomic mass is 9.86. The zero-order valence-corrected chi connectivity index (χ0v) is 13.7. The molecule has 7 nitrogen and oxygen atoms in total. The number of carbonyl (C=O) groups is 1. The van der Waals surface area contributed by atoms with E-state index in [1.807, 2.05) is 34.6 Å². The molecule has 2 atom stereocenters. The highest BCUT2D eigenvalue weighted by Gasteiger charge is 2.30. The van der Waals surface area contributed by atoms with E-state index in [2.05, 4.69) is 10.1 Å². The van der Waals surface area contributed by atoms with Crippen LogP contribution in [0.1, 0.15) is 52.4 Å². The summed E-state index contributed by atoms with van der Waals surface area (Å²) in [6.07, 6.45) is -0.231. The van der Waals surface area contributed by atoms with Gasteiger partial charge < -0.3 is 19.9 Å². The number of nitrogens with zero attached hydrogens (tertiary/aromatic N) is 3. The Kier molecular flexibility index (Phi) is 5.86. The molecule has 0 spiro atoms. The van der Waals surface area contributed by atoms with Crippen molar-refractivity contribution in [1.82, 2.24) is 15.0 Å². The lowest BCUT2D eigenvalue weighted by Crippen LogP contribution is -2.48. The first-order chi connectivity index (χ1) is 9.66. The second-order valence-electron chi connectivity index (χ2n) is 6.18. The van der Waals surface area contributed by atoms with Crippen molar-refractivity contribution in [3.8, 4) is 0 Å². The van der Waals surface area contributed by atoms with Crippen molar-refractivity contribution in [2.45, 2.75) is 53.3 Å². The van der Waals surface area contributed by atoms with E-state index in [-0.39, 0.29) is 24.0 Å². The number of amides is 1. The van der Waals surface area contributed by atoms with E-state index in [0.29, 0.717) is 18.3 Å². The molecule has 0 saturated heterocycles. The summed E-state index contributed by atoms with van der Waals surface area (Å²) in [5, 5.41) is 3.86. The Morgan fingerprint density at radius 2 is 2.10 bits per heavy atom. The molecule has 7 heteroatoms. The SMILES string of the molecule is CCOC(C)c1noc(CN(C)C(=O)[C@@H](N)C(C)(C)C)n1. The van der Waals surface area contributed by atoms with Gasteiger partial charge in [-0.1, -0.05) is 25.9 Å².